The molecule has 1 amide bonds. The SMILES string of the molecule is COc1ccc(CC(=O)Nc2n[nH]c(-c3ccc(OC)cc3OC)n2)c(OC)c1. The number of rotatable bonds is 8. The number of methoxy groups -OCH3 is 4. The van der Waals surface area contributed by atoms with E-state index in [1.165, 1.54) is 0 Å². The van der Waals surface area contributed by atoms with Gasteiger partial charge in [0.25, 0.3) is 0 Å². The van der Waals surface area contributed by atoms with Gasteiger partial charge in [0, 0.05) is 17.7 Å². The molecule has 29 heavy (non-hydrogen) atoms. The van der Waals surface area contributed by atoms with Crippen molar-refractivity contribution < 1.29 is 23.7 Å². The number of hydrogen-bond donors (Lipinski definition) is 2. The van der Waals surface area contributed by atoms with Crippen molar-refractivity contribution in [1.29, 1.82) is 0 Å². The van der Waals surface area contributed by atoms with Crippen LogP contribution in [0, 0.1) is 0 Å². The second kappa shape index (κ2) is 8.96. The largest absolute Gasteiger partial charge is 0.497 e. The second-order valence-electron chi connectivity index (χ2n) is 5.98. The summed E-state index contributed by atoms with van der Waals surface area (Å²) in [6, 6.07) is 10.6. The summed E-state index contributed by atoms with van der Waals surface area (Å²) in [5.41, 5.74) is 1.41. The number of aromatic nitrogens is 3. The van der Waals surface area contributed by atoms with Gasteiger partial charge in [0.05, 0.1) is 40.4 Å². The molecular weight excluding hydrogens is 376 g/mol. The number of ether oxygens (including phenoxy) is 4. The Labute approximate surface area is 168 Å². The number of nitrogens with one attached hydrogen (secondary N) is 2. The van der Waals surface area contributed by atoms with Gasteiger partial charge in [0.2, 0.25) is 11.9 Å². The number of carbonyl (C=O) groups is 1. The molecule has 2 N–H and O–H groups in total. The lowest BCUT2D eigenvalue weighted by Crippen LogP contribution is -2.16. The first kappa shape index (κ1) is 20.0. The average molecular weight is 398 g/mol. The van der Waals surface area contributed by atoms with Crippen molar-refractivity contribution in [2.24, 2.45) is 0 Å². The first-order valence-corrected chi connectivity index (χ1v) is 8.73. The molecule has 1 aromatic heterocycles. The number of aromatic amines is 1. The zero-order valence-corrected chi connectivity index (χ0v) is 16.6. The summed E-state index contributed by atoms with van der Waals surface area (Å²) in [4.78, 5) is 16.7. The van der Waals surface area contributed by atoms with Crippen LogP contribution in [0.1, 0.15) is 5.56 Å². The van der Waals surface area contributed by atoms with Crippen LogP contribution >= 0.6 is 0 Å². The zero-order chi connectivity index (χ0) is 20.8. The molecule has 0 radical (unpaired) electrons. The summed E-state index contributed by atoms with van der Waals surface area (Å²) in [6.07, 6.45) is 0.100. The van der Waals surface area contributed by atoms with E-state index in [2.05, 4.69) is 20.5 Å². The number of carbonyl (C=O) groups excluding carboxylic acids is 1. The third-order valence-electron chi connectivity index (χ3n) is 4.25. The van der Waals surface area contributed by atoms with Crippen molar-refractivity contribution >= 4 is 11.9 Å². The highest BCUT2D eigenvalue weighted by Gasteiger charge is 2.15. The molecule has 0 aliphatic rings. The predicted molar refractivity (Wildman–Crippen MR) is 107 cm³/mol. The molecule has 3 aromatic rings. The fourth-order valence-corrected chi connectivity index (χ4v) is 2.77. The van der Waals surface area contributed by atoms with Crippen molar-refractivity contribution in [3.63, 3.8) is 0 Å². The molecule has 9 heteroatoms. The molecule has 0 aliphatic carbocycles. The summed E-state index contributed by atoms with van der Waals surface area (Å²) in [5.74, 6) is 2.79. The Kier molecular flexibility index (Phi) is 6.18. The highest BCUT2D eigenvalue weighted by atomic mass is 16.5. The Bertz CT molecular complexity index is 1000. The minimum atomic E-state index is -0.277. The topological polar surface area (TPSA) is 108 Å². The Morgan fingerprint density at radius 2 is 1.59 bits per heavy atom. The monoisotopic (exact) mass is 398 g/mol. The van der Waals surface area contributed by atoms with Crippen LogP contribution < -0.4 is 24.3 Å². The summed E-state index contributed by atoms with van der Waals surface area (Å²) in [7, 11) is 6.24. The van der Waals surface area contributed by atoms with E-state index in [1.807, 2.05) is 0 Å². The molecule has 9 nitrogen and oxygen atoms in total. The van der Waals surface area contributed by atoms with Crippen LogP contribution in [0.25, 0.3) is 11.4 Å². The van der Waals surface area contributed by atoms with Gasteiger partial charge in [-0.25, -0.2) is 0 Å². The minimum absolute atomic E-state index is 0.100. The molecule has 1 heterocycles. The van der Waals surface area contributed by atoms with Crippen LogP contribution in [-0.4, -0.2) is 49.5 Å². The lowest BCUT2D eigenvalue weighted by atomic mass is 10.1. The van der Waals surface area contributed by atoms with Gasteiger partial charge in [-0.3, -0.25) is 15.2 Å². The number of nitrogens with zero attached hydrogens (tertiary/aromatic N) is 2. The molecule has 0 atom stereocenters. The fraction of sp³-hybridized carbons (Fsp3) is 0.250. The number of amides is 1. The van der Waals surface area contributed by atoms with Crippen LogP contribution in [-0.2, 0) is 11.2 Å². The number of benzene rings is 2. The normalized spacial score (nSPS) is 10.3. The predicted octanol–water partition coefficient (Wildman–Crippen LogP) is 2.69. The lowest BCUT2D eigenvalue weighted by molar-refractivity contribution is -0.115. The Morgan fingerprint density at radius 1 is 0.931 bits per heavy atom. The molecule has 152 valence electrons. The molecule has 0 saturated carbocycles. The third-order valence-corrected chi connectivity index (χ3v) is 4.25. The van der Waals surface area contributed by atoms with Crippen molar-refractivity contribution in [3.8, 4) is 34.4 Å². The maximum absolute atomic E-state index is 12.4. The van der Waals surface area contributed by atoms with Crippen LogP contribution in [0.3, 0.4) is 0 Å². The fourth-order valence-electron chi connectivity index (χ4n) is 2.77. The number of H-pyrrole nitrogens is 1. The second-order valence-corrected chi connectivity index (χ2v) is 5.98. The summed E-state index contributed by atoms with van der Waals surface area (Å²) >= 11 is 0. The minimum Gasteiger partial charge on any atom is -0.497 e. The standard InChI is InChI=1S/C20H22N4O5/c1-26-13-6-5-12(16(10-13)28-3)9-18(25)21-20-22-19(23-24-20)15-8-7-14(27-2)11-17(15)29-4/h5-8,10-11H,9H2,1-4H3,(H2,21,22,23,24,25). The molecular formula is C20H22N4O5. The van der Waals surface area contributed by atoms with Crippen LogP contribution in [0.2, 0.25) is 0 Å². The highest BCUT2D eigenvalue weighted by molar-refractivity contribution is 5.91. The van der Waals surface area contributed by atoms with E-state index < -0.39 is 0 Å². The van der Waals surface area contributed by atoms with Gasteiger partial charge in [0.1, 0.15) is 23.0 Å². The summed E-state index contributed by atoms with van der Waals surface area (Å²) < 4.78 is 21.1. The van der Waals surface area contributed by atoms with E-state index in [0.717, 1.165) is 5.56 Å². The van der Waals surface area contributed by atoms with E-state index in [0.29, 0.717) is 34.4 Å². The molecule has 0 bridgehead atoms. The Hall–Kier alpha value is -3.75. The van der Waals surface area contributed by atoms with Crippen LogP contribution in [0.5, 0.6) is 23.0 Å². The molecule has 0 saturated heterocycles. The van der Waals surface area contributed by atoms with Crippen molar-refractivity contribution in [2.45, 2.75) is 6.42 Å². The maximum atomic E-state index is 12.4. The van der Waals surface area contributed by atoms with Gasteiger partial charge in [-0.1, -0.05) is 6.07 Å². The number of hydrogen-bond acceptors (Lipinski definition) is 7. The first-order chi connectivity index (χ1) is 14.1. The van der Waals surface area contributed by atoms with E-state index in [1.54, 1.807) is 64.8 Å². The van der Waals surface area contributed by atoms with Crippen molar-refractivity contribution in [2.75, 3.05) is 33.8 Å². The van der Waals surface area contributed by atoms with Gasteiger partial charge in [-0.05, 0) is 18.2 Å². The Morgan fingerprint density at radius 3 is 2.24 bits per heavy atom. The average Bonchev–Trinajstić information content (AvgIpc) is 3.21. The first-order valence-electron chi connectivity index (χ1n) is 8.73. The van der Waals surface area contributed by atoms with Gasteiger partial charge < -0.3 is 18.9 Å². The van der Waals surface area contributed by atoms with E-state index in [9.17, 15) is 4.79 Å². The molecule has 0 fully saturated rings. The molecule has 0 aliphatic heterocycles. The van der Waals surface area contributed by atoms with Gasteiger partial charge in [-0.2, -0.15) is 4.98 Å². The smallest absolute Gasteiger partial charge is 0.249 e. The molecule has 2 aromatic carbocycles. The van der Waals surface area contributed by atoms with Gasteiger partial charge in [-0.15, -0.1) is 5.10 Å². The van der Waals surface area contributed by atoms with E-state index >= 15 is 0 Å². The lowest BCUT2D eigenvalue weighted by Gasteiger charge is -2.10. The van der Waals surface area contributed by atoms with E-state index in [-0.39, 0.29) is 18.3 Å². The van der Waals surface area contributed by atoms with Crippen molar-refractivity contribution in [1.82, 2.24) is 15.2 Å². The highest BCUT2D eigenvalue weighted by Crippen LogP contribution is 2.31. The van der Waals surface area contributed by atoms with Crippen molar-refractivity contribution in [3.05, 3.63) is 42.0 Å². The molecule has 0 spiro atoms. The van der Waals surface area contributed by atoms with Gasteiger partial charge in [0.15, 0.2) is 5.82 Å². The quantitative estimate of drug-likeness (QED) is 0.601. The maximum Gasteiger partial charge on any atom is 0.249 e. The van der Waals surface area contributed by atoms with Crippen LogP contribution in [0.4, 0.5) is 5.95 Å². The molecule has 0 unspecified atom stereocenters. The van der Waals surface area contributed by atoms with E-state index in [4.69, 9.17) is 18.9 Å². The van der Waals surface area contributed by atoms with Gasteiger partial charge >= 0.3 is 0 Å². The zero-order valence-electron chi connectivity index (χ0n) is 16.6. The number of anilines is 1. The summed E-state index contributed by atoms with van der Waals surface area (Å²) in [5, 5.41) is 9.54. The van der Waals surface area contributed by atoms with Crippen LogP contribution in [0.15, 0.2) is 36.4 Å². The Balaban J connectivity index is 1.73. The third kappa shape index (κ3) is 4.57. The molecule has 3 rings (SSSR count). The summed E-state index contributed by atoms with van der Waals surface area (Å²) in [6.45, 7) is 0.